The van der Waals surface area contributed by atoms with Gasteiger partial charge in [-0.3, -0.25) is 14.1 Å². The van der Waals surface area contributed by atoms with Crippen molar-refractivity contribution in [3.8, 4) is 0 Å². The minimum Gasteiger partial charge on any atom is -0.353 e. The second-order valence-electron chi connectivity index (χ2n) is 5.77. The Labute approximate surface area is 128 Å². The molecule has 3 rings (SSSR count). The van der Waals surface area contributed by atoms with Crippen LogP contribution in [0.3, 0.4) is 0 Å². The van der Waals surface area contributed by atoms with E-state index >= 15 is 0 Å². The molecule has 118 valence electrons. The summed E-state index contributed by atoms with van der Waals surface area (Å²) in [6, 6.07) is 5.64. The van der Waals surface area contributed by atoms with Gasteiger partial charge in [-0.15, -0.1) is 5.10 Å². The van der Waals surface area contributed by atoms with Crippen molar-refractivity contribution >= 4 is 11.6 Å². The van der Waals surface area contributed by atoms with Gasteiger partial charge in [-0.05, 0) is 45.0 Å². The Balaban J connectivity index is 1.58. The van der Waals surface area contributed by atoms with Crippen molar-refractivity contribution in [2.24, 2.45) is 0 Å². The molecule has 0 saturated carbocycles. The minimum atomic E-state index is -0.293. The molecule has 1 aliphatic rings. The van der Waals surface area contributed by atoms with Gasteiger partial charge >= 0.3 is 5.69 Å². The van der Waals surface area contributed by atoms with Gasteiger partial charge in [-0.2, -0.15) is 0 Å². The van der Waals surface area contributed by atoms with Crippen LogP contribution in [0.2, 0.25) is 0 Å². The number of carbonyl (C=O) groups excluding carboxylic acids is 1. The number of hydrogen-bond donors (Lipinski definition) is 1. The summed E-state index contributed by atoms with van der Waals surface area (Å²) < 4.78 is 2.63. The number of nitrogens with one attached hydrogen (secondary N) is 1. The van der Waals surface area contributed by atoms with Gasteiger partial charge in [0.15, 0.2) is 5.65 Å². The first-order valence-electron chi connectivity index (χ1n) is 7.70. The molecule has 2 aromatic rings. The zero-order valence-corrected chi connectivity index (χ0v) is 12.7. The van der Waals surface area contributed by atoms with Crippen LogP contribution in [0, 0.1) is 0 Å². The van der Waals surface area contributed by atoms with Crippen molar-refractivity contribution in [2.45, 2.75) is 32.4 Å². The van der Waals surface area contributed by atoms with Crippen LogP contribution < -0.4 is 11.0 Å². The van der Waals surface area contributed by atoms with Gasteiger partial charge in [0.2, 0.25) is 5.91 Å². The SMILES string of the molecule is CC(CNC(=O)Cn1nc2ccccn2c1=O)N1CCCC1. The molecule has 1 atom stereocenters. The molecule has 1 fully saturated rings. The number of nitrogens with zero attached hydrogens (tertiary/aromatic N) is 4. The monoisotopic (exact) mass is 303 g/mol. The van der Waals surface area contributed by atoms with E-state index in [1.807, 2.05) is 6.07 Å². The predicted molar refractivity (Wildman–Crippen MR) is 82.7 cm³/mol. The van der Waals surface area contributed by atoms with Crippen LogP contribution in [-0.4, -0.2) is 50.7 Å². The van der Waals surface area contributed by atoms with E-state index in [1.54, 1.807) is 18.3 Å². The molecule has 0 aromatic carbocycles. The van der Waals surface area contributed by atoms with Crippen LogP contribution in [0.25, 0.3) is 5.65 Å². The molecule has 7 heteroatoms. The Hall–Kier alpha value is -2.15. The first kappa shape index (κ1) is 14.8. The number of carbonyl (C=O) groups is 1. The molecular formula is C15H21N5O2. The highest BCUT2D eigenvalue weighted by Gasteiger charge is 2.18. The van der Waals surface area contributed by atoms with Gasteiger partial charge in [-0.1, -0.05) is 6.07 Å². The van der Waals surface area contributed by atoms with Crippen molar-refractivity contribution in [1.82, 2.24) is 24.4 Å². The van der Waals surface area contributed by atoms with E-state index in [0.29, 0.717) is 18.2 Å². The van der Waals surface area contributed by atoms with Crippen molar-refractivity contribution in [2.75, 3.05) is 19.6 Å². The van der Waals surface area contributed by atoms with Crippen molar-refractivity contribution < 1.29 is 4.79 Å². The van der Waals surface area contributed by atoms with E-state index in [0.717, 1.165) is 13.1 Å². The third-order valence-electron chi connectivity index (χ3n) is 4.14. The van der Waals surface area contributed by atoms with Crippen LogP contribution in [-0.2, 0) is 11.3 Å². The normalized spacial score (nSPS) is 17.0. The lowest BCUT2D eigenvalue weighted by atomic mass is 10.3. The summed E-state index contributed by atoms with van der Waals surface area (Å²) in [5, 5.41) is 7.04. The lowest BCUT2D eigenvalue weighted by Gasteiger charge is -2.23. The molecule has 7 nitrogen and oxygen atoms in total. The first-order chi connectivity index (χ1) is 10.6. The molecular weight excluding hydrogens is 282 g/mol. The molecule has 1 N–H and O–H groups in total. The zero-order chi connectivity index (χ0) is 15.5. The number of aromatic nitrogens is 3. The van der Waals surface area contributed by atoms with Crippen LogP contribution >= 0.6 is 0 Å². The summed E-state index contributed by atoms with van der Waals surface area (Å²) in [5.41, 5.74) is 0.254. The fourth-order valence-electron chi connectivity index (χ4n) is 2.84. The standard InChI is InChI=1S/C15H21N5O2/c1-12(18-7-4-5-8-18)10-16-14(21)11-20-15(22)19-9-3-2-6-13(19)17-20/h2-3,6,9,12H,4-5,7-8,10-11H2,1H3,(H,16,21). The maximum Gasteiger partial charge on any atom is 0.350 e. The number of pyridine rings is 1. The molecule has 1 saturated heterocycles. The molecule has 22 heavy (non-hydrogen) atoms. The van der Waals surface area contributed by atoms with E-state index in [4.69, 9.17) is 0 Å². The Morgan fingerprint density at radius 3 is 2.86 bits per heavy atom. The second-order valence-corrected chi connectivity index (χ2v) is 5.77. The fraction of sp³-hybridized carbons (Fsp3) is 0.533. The third-order valence-corrected chi connectivity index (χ3v) is 4.14. The summed E-state index contributed by atoms with van der Waals surface area (Å²) in [6.45, 7) is 4.86. The van der Waals surface area contributed by atoms with Gasteiger partial charge in [-0.25, -0.2) is 9.48 Å². The Kier molecular flexibility index (Phi) is 4.24. The summed E-state index contributed by atoms with van der Waals surface area (Å²) in [6.07, 6.45) is 4.11. The average molecular weight is 303 g/mol. The number of likely N-dealkylation sites (tertiary alicyclic amines) is 1. The highest BCUT2D eigenvalue weighted by atomic mass is 16.2. The third kappa shape index (κ3) is 3.04. The van der Waals surface area contributed by atoms with Crippen LogP contribution in [0.15, 0.2) is 29.2 Å². The van der Waals surface area contributed by atoms with E-state index in [2.05, 4.69) is 22.2 Å². The number of amides is 1. The van der Waals surface area contributed by atoms with E-state index in [1.165, 1.54) is 21.9 Å². The summed E-state index contributed by atoms with van der Waals surface area (Å²) in [5.74, 6) is -0.184. The Morgan fingerprint density at radius 2 is 2.14 bits per heavy atom. The number of fused-ring (bicyclic) bond motifs is 1. The van der Waals surface area contributed by atoms with Crippen molar-refractivity contribution in [3.05, 3.63) is 34.9 Å². The first-order valence-corrected chi connectivity index (χ1v) is 7.70. The lowest BCUT2D eigenvalue weighted by molar-refractivity contribution is -0.122. The average Bonchev–Trinajstić information content (AvgIpc) is 3.15. The van der Waals surface area contributed by atoms with Gasteiger partial charge in [0.05, 0.1) is 0 Å². The molecule has 0 radical (unpaired) electrons. The van der Waals surface area contributed by atoms with Gasteiger partial charge in [0, 0.05) is 18.8 Å². The van der Waals surface area contributed by atoms with Gasteiger partial charge in [0.25, 0.3) is 0 Å². The van der Waals surface area contributed by atoms with E-state index < -0.39 is 0 Å². The Morgan fingerprint density at radius 1 is 1.36 bits per heavy atom. The van der Waals surface area contributed by atoms with E-state index in [9.17, 15) is 9.59 Å². The van der Waals surface area contributed by atoms with Gasteiger partial charge < -0.3 is 5.32 Å². The van der Waals surface area contributed by atoms with Crippen molar-refractivity contribution in [1.29, 1.82) is 0 Å². The Bertz CT molecular complexity index is 714. The molecule has 2 aromatic heterocycles. The highest BCUT2D eigenvalue weighted by molar-refractivity contribution is 5.75. The van der Waals surface area contributed by atoms with Crippen LogP contribution in [0.1, 0.15) is 19.8 Å². The molecule has 1 unspecified atom stereocenters. The predicted octanol–water partition coefficient (Wildman–Crippen LogP) is 0.0965. The number of hydrogen-bond acceptors (Lipinski definition) is 4. The molecule has 0 bridgehead atoms. The summed E-state index contributed by atoms with van der Waals surface area (Å²) in [7, 11) is 0. The summed E-state index contributed by atoms with van der Waals surface area (Å²) >= 11 is 0. The van der Waals surface area contributed by atoms with Gasteiger partial charge in [0.1, 0.15) is 6.54 Å². The molecule has 0 aliphatic carbocycles. The molecule has 3 heterocycles. The maximum absolute atomic E-state index is 12.1. The van der Waals surface area contributed by atoms with Crippen LogP contribution in [0.5, 0.6) is 0 Å². The molecule has 0 spiro atoms. The topological polar surface area (TPSA) is 71.6 Å². The summed E-state index contributed by atoms with van der Waals surface area (Å²) in [4.78, 5) is 26.5. The molecule has 1 aliphatic heterocycles. The quantitative estimate of drug-likeness (QED) is 0.850. The minimum absolute atomic E-state index is 0.0484. The smallest absolute Gasteiger partial charge is 0.350 e. The maximum atomic E-state index is 12.1. The number of rotatable bonds is 5. The fourth-order valence-corrected chi connectivity index (χ4v) is 2.84. The lowest BCUT2D eigenvalue weighted by Crippen LogP contribution is -2.42. The largest absolute Gasteiger partial charge is 0.353 e. The van der Waals surface area contributed by atoms with E-state index in [-0.39, 0.29) is 18.1 Å². The molecule has 1 amide bonds. The highest BCUT2D eigenvalue weighted by Crippen LogP contribution is 2.10. The zero-order valence-electron chi connectivity index (χ0n) is 12.7. The van der Waals surface area contributed by atoms with Crippen molar-refractivity contribution in [3.63, 3.8) is 0 Å². The van der Waals surface area contributed by atoms with Crippen LogP contribution in [0.4, 0.5) is 0 Å². The second kappa shape index (κ2) is 6.31.